The molecule has 9 N–H and O–H groups in total. The Morgan fingerprint density at radius 3 is 2.48 bits per heavy atom. The van der Waals surface area contributed by atoms with Crippen molar-refractivity contribution in [1.29, 1.82) is 0 Å². The molecule has 0 aromatic heterocycles. The summed E-state index contributed by atoms with van der Waals surface area (Å²) in [6.07, 6.45) is -6.17. The van der Waals surface area contributed by atoms with Crippen molar-refractivity contribution < 1.29 is 39.5 Å². The lowest BCUT2D eigenvalue weighted by Crippen LogP contribution is -2.60. The molecule has 0 radical (unpaired) electrons. The fourth-order valence-electron chi connectivity index (χ4n) is 2.68. The number of ether oxygens (including phenoxy) is 1. The molecule has 7 unspecified atom stereocenters. The summed E-state index contributed by atoms with van der Waals surface area (Å²) in [5.74, 6) is -2.81. The lowest BCUT2D eigenvalue weighted by Gasteiger charge is -2.31. The Morgan fingerprint density at radius 2 is 2.00 bits per heavy atom. The van der Waals surface area contributed by atoms with E-state index >= 15 is 0 Å². The van der Waals surface area contributed by atoms with E-state index in [4.69, 9.17) is 16.2 Å². The lowest BCUT2D eigenvalue weighted by atomic mass is 10.0. The van der Waals surface area contributed by atoms with Crippen molar-refractivity contribution in [2.45, 2.75) is 49.1 Å². The number of β-lactam (4-membered cyclic amide) rings is 1. The van der Waals surface area contributed by atoms with Gasteiger partial charge in [-0.2, -0.15) is 0 Å². The molecule has 2 aliphatic rings. The van der Waals surface area contributed by atoms with Gasteiger partial charge in [0.2, 0.25) is 11.8 Å². The van der Waals surface area contributed by atoms with Crippen molar-refractivity contribution in [2.24, 2.45) is 11.5 Å². The van der Waals surface area contributed by atoms with Crippen LogP contribution in [0.25, 0.3) is 0 Å². The number of carbonyl (C=O) groups excluding carboxylic acids is 2. The van der Waals surface area contributed by atoms with Gasteiger partial charge in [-0.3, -0.25) is 9.59 Å². The molecule has 7 atom stereocenters. The number of aliphatic carboxylic acids is 1. The van der Waals surface area contributed by atoms with Gasteiger partial charge in [-0.25, -0.2) is 4.79 Å². The van der Waals surface area contributed by atoms with Crippen LogP contribution < -0.4 is 16.8 Å². The molecule has 2 amide bonds. The van der Waals surface area contributed by atoms with Crippen LogP contribution in [0, 0.1) is 0 Å². The first-order valence-corrected chi connectivity index (χ1v) is 7.65. The third-order valence-corrected chi connectivity index (χ3v) is 4.32. The summed E-state index contributed by atoms with van der Waals surface area (Å²) in [7, 11) is 0. The highest BCUT2D eigenvalue weighted by atomic mass is 16.5. The second-order valence-electron chi connectivity index (χ2n) is 6.01. The molecule has 2 fully saturated rings. The fourth-order valence-corrected chi connectivity index (χ4v) is 2.68. The third-order valence-electron chi connectivity index (χ3n) is 4.32. The maximum Gasteiger partial charge on any atom is 0.329 e. The van der Waals surface area contributed by atoms with Crippen LogP contribution in [0.1, 0.15) is 6.42 Å². The van der Waals surface area contributed by atoms with Crippen molar-refractivity contribution in [1.82, 2.24) is 10.2 Å². The van der Waals surface area contributed by atoms with Crippen LogP contribution in [0.5, 0.6) is 0 Å². The van der Waals surface area contributed by atoms with Crippen molar-refractivity contribution in [3.8, 4) is 0 Å². The molecule has 0 aromatic carbocycles. The van der Waals surface area contributed by atoms with Gasteiger partial charge in [0.05, 0.1) is 19.1 Å². The highest BCUT2D eigenvalue weighted by molar-refractivity contribution is 5.87. The number of carbonyl (C=O) groups is 3. The SMILES string of the molecule is NCC(O)C(O)C(N)C(=O)NC(C(=O)O)C(O)C1CN2C(=O)CC2O1. The number of aliphatic hydroxyl groups excluding tert-OH is 3. The van der Waals surface area contributed by atoms with Crippen molar-refractivity contribution in [2.75, 3.05) is 13.1 Å². The van der Waals surface area contributed by atoms with Crippen LogP contribution in [0.15, 0.2) is 0 Å². The summed E-state index contributed by atoms with van der Waals surface area (Å²) < 4.78 is 5.37. The number of aliphatic hydroxyl groups is 3. The maximum atomic E-state index is 12.0. The zero-order valence-corrected chi connectivity index (χ0v) is 13.2. The Morgan fingerprint density at radius 1 is 1.36 bits per heavy atom. The summed E-state index contributed by atoms with van der Waals surface area (Å²) in [6.45, 7) is -0.348. The average Bonchev–Trinajstić information content (AvgIpc) is 2.93. The Hall–Kier alpha value is -1.83. The number of nitrogens with two attached hydrogens (primary N) is 2. The van der Waals surface area contributed by atoms with Gasteiger partial charge in [-0.1, -0.05) is 0 Å². The van der Waals surface area contributed by atoms with Crippen LogP contribution in [0.2, 0.25) is 0 Å². The van der Waals surface area contributed by atoms with Crippen molar-refractivity contribution in [3.05, 3.63) is 0 Å². The van der Waals surface area contributed by atoms with E-state index < -0.39 is 54.6 Å². The summed E-state index contributed by atoms with van der Waals surface area (Å²) >= 11 is 0. The Labute approximate surface area is 142 Å². The third kappa shape index (κ3) is 3.89. The maximum absolute atomic E-state index is 12.0. The van der Waals surface area contributed by atoms with E-state index in [1.807, 2.05) is 5.32 Å². The molecule has 2 rings (SSSR count). The number of hydrogen-bond acceptors (Lipinski definition) is 9. The van der Waals surface area contributed by atoms with Crippen LogP contribution in [0.4, 0.5) is 0 Å². The summed E-state index contributed by atoms with van der Waals surface area (Å²) in [5.41, 5.74) is 10.6. The van der Waals surface area contributed by atoms with Crippen LogP contribution >= 0.6 is 0 Å². The van der Waals surface area contributed by atoms with Gasteiger partial charge in [-0.15, -0.1) is 0 Å². The summed E-state index contributed by atoms with van der Waals surface area (Å²) in [4.78, 5) is 36.0. The zero-order chi connectivity index (χ0) is 18.9. The number of nitrogens with zero attached hydrogens (tertiary/aromatic N) is 1. The topological polar surface area (TPSA) is 209 Å². The first-order chi connectivity index (χ1) is 11.7. The number of fused-ring (bicyclic) bond motifs is 1. The van der Waals surface area contributed by atoms with Gasteiger partial charge in [-0.05, 0) is 0 Å². The number of carboxylic acid groups (broad SMARTS) is 1. The quantitative estimate of drug-likeness (QED) is 0.204. The Bertz CT molecular complexity index is 546. The van der Waals surface area contributed by atoms with Gasteiger partial charge in [0.15, 0.2) is 6.04 Å². The molecule has 2 heterocycles. The molecule has 0 aromatic rings. The second kappa shape index (κ2) is 7.59. The first-order valence-electron chi connectivity index (χ1n) is 7.65. The highest BCUT2D eigenvalue weighted by Gasteiger charge is 2.49. The molecular formula is C13H22N4O8. The summed E-state index contributed by atoms with van der Waals surface area (Å²) in [5, 5.41) is 40.5. The van der Waals surface area contributed by atoms with Crippen LogP contribution in [0.3, 0.4) is 0 Å². The van der Waals surface area contributed by atoms with E-state index in [1.165, 1.54) is 4.90 Å². The predicted octanol–water partition coefficient (Wildman–Crippen LogP) is -5.12. The molecule has 0 bridgehead atoms. The first kappa shape index (κ1) is 19.5. The predicted molar refractivity (Wildman–Crippen MR) is 79.6 cm³/mol. The normalized spacial score (nSPS) is 28.4. The number of amides is 2. The van der Waals surface area contributed by atoms with E-state index in [2.05, 4.69) is 0 Å². The Kier molecular flexibility index (Phi) is 5.92. The van der Waals surface area contributed by atoms with E-state index in [-0.39, 0.29) is 25.4 Å². The molecule has 2 saturated heterocycles. The minimum atomic E-state index is -1.78. The monoisotopic (exact) mass is 362 g/mol. The molecule has 12 heteroatoms. The van der Waals surface area contributed by atoms with Gasteiger partial charge in [0.1, 0.15) is 30.6 Å². The Balaban J connectivity index is 1.99. The minimum Gasteiger partial charge on any atom is -0.480 e. The van der Waals surface area contributed by atoms with E-state index in [9.17, 15) is 34.8 Å². The van der Waals surface area contributed by atoms with Gasteiger partial charge in [0, 0.05) is 6.54 Å². The van der Waals surface area contributed by atoms with Gasteiger partial charge >= 0.3 is 5.97 Å². The van der Waals surface area contributed by atoms with E-state index in [1.54, 1.807) is 0 Å². The zero-order valence-electron chi connectivity index (χ0n) is 13.2. The molecule has 142 valence electrons. The van der Waals surface area contributed by atoms with Crippen molar-refractivity contribution in [3.63, 3.8) is 0 Å². The lowest BCUT2D eigenvalue weighted by molar-refractivity contribution is -0.161. The number of carboxylic acids is 1. The second-order valence-corrected chi connectivity index (χ2v) is 6.01. The van der Waals surface area contributed by atoms with E-state index in [0.29, 0.717) is 0 Å². The molecule has 0 aliphatic carbocycles. The fraction of sp³-hybridized carbons (Fsp3) is 0.769. The van der Waals surface area contributed by atoms with Gasteiger partial charge in [0.25, 0.3) is 0 Å². The number of nitrogens with one attached hydrogen (secondary N) is 1. The molecule has 25 heavy (non-hydrogen) atoms. The largest absolute Gasteiger partial charge is 0.480 e. The minimum absolute atomic E-state index is 0.00484. The van der Waals surface area contributed by atoms with Gasteiger partial charge < -0.3 is 46.8 Å². The molecule has 12 nitrogen and oxygen atoms in total. The molecule has 0 saturated carbocycles. The molecule has 0 spiro atoms. The summed E-state index contributed by atoms with van der Waals surface area (Å²) in [6, 6.07) is -3.43. The van der Waals surface area contributed by atoms with Crippen LogP contribution in [-0.4, -0.2) is 98.9 Å². The number of rotatable bonds is 8. The highest BCUT2D eigenvalue weighted by Crippen LogP contribution is 2.30. The molecular weight excluding hydrogens is 340 g/mol. The van der Waals surface area contributed by atoms with E-state index in [0.717, 1.165) is 0 Å². The number of hydrogen-bond donors (Lipinski definition) is 7. The average molecular weight is 362 g/mol. The smallest absolute Gasteiger partial charge is 0.329 e. The molecule has 2 aliphatic heterocycles. The standard InChI is InChI=1S/C13H22N4O8/c14-2-4(18)10(20)8(15)12(22)16-9(13(23)24)11(21)5-3-17-6(19)1-7(17)25-5/h4-5,7-11,18,20-21H,1-3,14-15H2,(H,16,22)(H,23,24). The van der Waals surface area contributed by atoms with Crippen LogP contribution in [-0.2, 0) is 19.1 Å². The van der Waals surface area contributed by atoms with Crippen molar-refractivity contribution >= 4 is 17.8 Å².